The number of carbonyl (C=O) groups excluding carboxylic acids is 1. The second kappa shape index (κ2) is 5.26. The Kier molecular flexibility index (Phi) is 3.90. The van der Waals surface area contributed by atoms with Crippen molar-refractivity contribution in [2.45, 2.75) is 26.7 Å². The molecule has 1 unspecified atom stereocenters. The highest BCUT2D eigenvalue weighted by molar-refractivity contribution is 7.15. The van der Waals surface area contributed by atoms with Crippen LogP contribution in [0.1, 0.15) is 23.4 Å². The van der Waals surface area contributed by atoms with E-state index in [-0.39, 0.29) is 11.8 Å². The lowest BCUT2D eigenvalue weighted by atomic mass is 9.97. The number of aryl methyl sites for hydroxylation is 2. The second-order valence-corrected chi connectivity index (χ2v) is 6.34. The average molecular weight is 267 g/mol. The van der Waals surface area contributed by atoms with E-state index < -0.39 is 0 Å². The molecule has 0 aliphatic carbocycles. The summed E-state index contributed by atoms with van der Waals surface area (Å²) < 4.78 is 0. The van der Waals surface area contributed by atoms with E-state index >= 15 is 0 Å². The van der Waals surface area contributed by atoms with Crippen molar-refractivity contribution >= 4 is 22.4 Å². The molecule has 1 saturated heterocycles. The fourth-order valence-corrected chi connectivity index (χ4v) is 3.25. The summed E-state index contributed by atoms with van der Waals surface area (Å²) >= 11 is 1.73. The van der Waals surface area contributed by atoms with Crippen molar-refractivity contribution in [1.29, 1.82) is 0 Å². The minimum Gasteiger partial charge on any atom is -0.349 e. The quantitative estimate of drug-likeness (QED) is 0.823. The predicted molar refractivity (Wildman–Crippen MR) is 75.2 cm³/mol. The van der Waals surface area contributed by atoms with Gasteiger partial charge in [0.1, 0.15) is 0 Å². The van der Waals surface area contributed by atoms with Gasteiger partial charge in [0.15, 0.2) is 5.13 Å². The topological polar surface area (TPSA) is 36.4 Å². The summed E-state index contributed by atoms with van der Waals surface area (Å²) in [6, 6.07) is 0. The zero-order valence-electron chi connectivity index (χ0n) is 11.6. The maximum absolute atomic E-state index is 12.0. The molecule has 5 heteroatoms. The maximum atomic E-state index is 12.0. The summed E-state index contributed by atoms with van der Waals surface area (Å²) in [5.41, 5.74) is 1.11. The van der Waals surface area contributed by atoms with Gasteiger partial charge in [0.25, 0.3) is 0 Å². The highest BCUT2D eigenvalue weighted by atomic mass is 32.1. The van der Waals surface area contributed by atoms with Crippen LogP contribution in [-0.2, 0) is 4.79 Å². The molecule has 18 heavy (non-hydrogen) atoms. The highest BCUT2D eigenvalue weighted by Gasteiger charge is 2.28. The first-order valence-corrected chi connectivity index (χ1v) is 7.21. The van der Waals surface area contributed by atoms with E-state index in [1.165, 1.54) is 4.88 Å². The van der Waals surface area contributed by atoms with E-state index in [9.17, 15) is 4.79 Å². The predicted octanol–water partition coefficient (Wildman–Crippen LogP) is 2.06. The monoisotopic (exact) mass is 267 g/mol. The summed E-state index contributed by atoms with van der Waals surface area (Å²) in [7, 11) is 3.66. The molecule has 1 aliphatic rings. The minimum atomic E-state index is 0.123. The Morgan fingerprint density at radius 3 is 2.72 bits per heavy atom. The van der Waals surface area contributed by atoms with Crippen LogP contribution >= 0.6 is 11.3 Å². The molecule has 1 aliphatic heterocycles. The van der Waals surface area contributed by atoms with Gasteiger partial charge in [-0.3, -0.25) is 4.79 Å². The van der Waals surface area contributed by atoms with E-state index in [4.69, 9.17) is 0 Å². The van der Waals surface area contributed by atoms with Crippen molar-refractivity contribution in [1.82, 2.24) is 9.88 Å². The molecule has 1 aromatic heterocycles. The fraction of sp³-hybridized carbons (Fsp3) is 0.692. The van der Waals surface area contributed by atoms with Gasteiger partial charge in [-0.15, -0.1) is 11.3 Å². The zero-order chi connectivity index (χ0) is 13.3. The normalized spacial score (nSPS) is 20.0. The van der Waals surface area contributed by atoms with Crippen LogP contribution in [0.3, 0.4) is 0 Å². The van der Waals surface area contributed by atoms with Gasteiger partial charge in [0.2, 0.25) is 5.91 Å². The van der Waals surface area contributed by atoms with Gasteiger partial charge < -0.3 is 9.80 Å². The number of thiazole rings is 1. The number of anilines is 1. The van der Waals surface area contributed by atoms with E-state index in [0.29, 0.717) is 0 Å². The average Bonchev–Trinajstić information content (AvgIpc) is 2.69. The first-order chi connectivity index (χ1) is 8.49. The van der Waals surface area contributed by atoms with Crippen LogP contribution in [0, 0.1) is 19.8 Å². The molecule has 0 bridgehead atoms. The molecule has 0 aromatic carbocycles. The van der Waals surface area contributed by atoms with Gasteiger partial charge in [-0.2, -0.15) is 0 Å². The van der Waals surface area contributed by atoms with Crippen LogP contribution in [0.2, 0.25) is 0 Å². The number of hydrogen-bond acceptors (Lipinski definition) is 4. The van der Waals surface area contributed by atoms with Crippen molar-refractivity contribution in [2.24, 2.45) is 5.92 Å². The van der Waals surface area contributed by atoms with Crippen molar-refractivity contribution in [2.75, 3.05) is 32.1 Å². The van der Waals surface area contributed by atoms with Crippen molar-refractivity contribution in [3.63, 3.8) is 0 Å². The lowest BCUT2D eigenvalue weighted by Gasteiger charge is -2.33. The molecule has 0 N–H and O–H groups in total. The molecule has 1 atom stereocenters. The highest BCUT2D eigenvalue weighted by Crippen LogP contribution is 2.29. The molecule has 1 fully saturated rings. The minimum absolute atomic E-state index is 0.123. The number of carbonyl (C=O) groups is 1. The molecule has 2 rings (SSSR count). The Morgan fingerprint density at radius 2 is 2.17 bits per heavy atom. The first-order valence-electron chi connectivity index (χ1n) is 6.39. The van der Waals surface area contributed by atoms with Gasteiger partial charge in [0.05, 0.1) is 11.6 Å². The zero-order valence-corrected chi connectivity index (χ0v) is 12.4. The summed E-state index contributed by atoms with van der Waals surface area (Å²) in [5, 5.41) is 1.07. The third kappa shape index (κ3) is 2.66. The third-order valence-corrected chi connectivity index (χ3v) is 4.63. The molecule has 0 spiro atoms. The van der Waals surface area contributed by atoms with Crippen molar-refractivity contribution in [3.8, 4) is 0 Å². The second-order valence-electron chi connectivity index (χ2n) is 5.16. The first kappa shape index (κ1) is 13.3. The van der Waals surface area contributed by atoms with Gasteiger partial charge in [-0.25, -0.2) is 4.98 Å². The maximum Gasteiger partial charge on any atom is 0.226 e. The summed E-state index contributed by atoms with van der Waals surface area (Å²) in [6.07, 6.45) is 2.07. The summed E-state index contributed by atoms with van der Waals surface area (Å²) in [4.78, 5) is 21.9. The molecule has 0 saturated carbocycles. The largest absolute Gasteiger partial charge is 0.349 e. The number of hydrogen-bond donors (Lipinski definition) is 0. The molecular weight excluding hydrogens is 246 g/mol. The van der Waals surface area contributed by atoms with Gasteiger partial charge >= 0.3 is 0 Å². The summed E-state index contributed by atoms with van der Waals surface area (Å²) in [5.74, 6) is 0.364. The van der Waals surface area contributed by atoms with Gasteiger partial charge in [-0.05, 0) is 26.7 Å². The van der Waals surface area contributed by atoms with E-state index in [0.717, 1.165) is 36.8 Å². The Bertz CT molecular complexity index is 422. The molecule has 1 amide bonds. The van der Waals surface area contributed by atoms with Gasteiger partial charge in [0, 0.05) is 32.1 Å². The number of aromatic nitrogens is 1. The van der Waals surface area contributed by atoms with Gasteiger partial charge in [-0.1, -0.05) is 0 Å². The molecular formula is C13H21N3OS. The number of nitrogens with zero attached hydrogens (tertiary/aromatic N) is 3. The van der Waals surface area contributed by atoms with E-state index in [1.54, 1.807) is 16.2 Å². The standard InChI is InChI=1S/C13H21N3OS/c1-9-10(2)18-13(14-9)16-7-5-6-11(8-16)12(17)15(3)4/h11H,5-8H2,1-4H3. The van der Waals surface area contributed by atoms with E-state index in [2.05, 4.69) is 16.8 Å². The van der Waals surface area contributed by atoms with Crippen molar-refractivity contribution < 1.29 is 4.79 Å². The van der Waals surface area contributed by atoms with E-state index in [1.807, 2.05) is 21.0 Å². The Hall–Kier alpha value is -1.10. The number of amides is 1. The van der Waals surface area contributed by atoms with Crippen LogP contribution in [-0.4, -0.2) is 43.0 Å². The molecule has 2 heterocycles. The van der Waals surface area contributed by atoms with Crippen LogP contribution in [0.15, 0.2) is 0 Å². The van der Waals surface area contributed by atoms with Crippen LogP contribution in [0.25, 0.3) is 0 Å². The summed E-state index contributed by atoms with van der Waals surface area (Å²) in [6.45, 7) is 5.97. The van der Waals surface area contributed by atoms with Crippen LogP contribution in [0.4, 0.5) is 5.13 Å². The third-order valence-electron chi connectivity index (χ3n) is 3.50. The lowest BCUT2D eigenvalue weighted by Crippen LogP contribution is -2.42. The number of rotatable bonds is 2. The number of piperidine rings is 1. The lowest BCUT2D eigenvalue weighted by molar-refractivity contribution is -0.133. The molecule has 0 radical (unpaired) electrons. The Morgan fingerprint density at radius 1 is 1.44 bits per heavy atom. The Balaban J connectivity index is 2.09. The van der Waals surface area contributed by atoms with Crippen LogP contribution < -0.4 is 4.90 Å². The van der Waals surface area contributed by atoms with Crippen molar-refractivity contribution in [3.05, 3.63) is 10.6 Å². The molecule has 100 valence electrons. The molecule has 4 nitrogen and oxygen atoms in total. The molecule has 1 aromatic rings. The smallest absolute Gasteiger partial charge is 0.226 e. The SMILES string of the molecule is Cc1nc(N2CCCC(C(=O)N(C)C)C2)sc1C. The Labute approximate surface area is 113 Å². The fourth-order valence-electron chi connectivity index (χ4n) is 2.31. The van der Waals surface area contributed by atoms with Crippen LogP contribution in [0.5, 0.6) is 0 Å².